The second-order valence-electron chi connectivity index (χ2n) is 6.97. The molecule has 1 atom stereocenters. The largest absolute Gasteiger partial charge is 0.340 e. The number of rotatable bonds is 3. The predicted octanol–water partition coefficient (Wildman–Crippen LogP) is 1.32. The molecule has 2 aliphatic rings. The Balaban J connectivity index is 1.84. The van der Waals surface area contributed by atoms with Crippen molar-refractivity contribution in [1.29, 1.82) is 0 Å². The molecule has 1 amide bonds. The van der Waals surface area contributed by atoms with Gasteiger partial charge in [-0.3, -0.25) is 9.69 Å². The van der Waals surface area contributed by atoms with E-state index in [9.17, 15) is 4.79 Å². The second-order valence-corrected chi connectivity index (χ2v) is 6.97. The van der Waals surface area contributed by atoms with Crippen molar-refractivity contribution in [3.8, 4) is 0 Å². The molecule has 2 heterocycles. The lowest BCUT2D eigenvalue weighted by atomic mass is 9.94. The molecule has 0 aromatic rings. The van der Waals surface area contributed by atoms with Crippen LogP contribution in [0, 0.1) is 5.92 Å². The van der Waals surface area contributed by atoms with Crippen LogP contribution in [-0.2, 0) is 4.79 Å². The third kappa shape index (κ3) is 3.48. The SMILES string of the molecule is CC(C)CC(=O)N1CCN(C2CCNC2(C)C)CC1. The highest BCUT2D eigenvalue weighted by atomic mass is 16.2. The zero-order valence-corrected chi connectivity index (χ0v) is 12.9. The molecule has 4 heteroatoms. The highest BCUT2D eigenvalue weighted by Crippen LogP contribution is 2.25. The van der Waals surface area contributed by atoms with Crippen LogP contribution in [0.15, 0.2) is 0 Å². The first-order valence-corrected chi connectivity index (χ1v) is 7.67. The normalized spacial score (nSPS) is 28.1. The summed E-state index contributed by atoms with van der Waals surface area (Å²) < 4.78 is 0. The first-order valence-electron chi connectivity index (χ1n) is 7.67. The molecule has 0 aromatic carbocycles. The van der Waals surface area contributed by atoms with Crippen LogP contribution in [0.2, 0.25) is 0 Å². The van der Waals surface area contributed by atoms with E-state index in [0.717, 1.165) is 32.7 Å². The van der Waals surface area contributed by atoms with E-state index < -0.39 is 0 Å². The molecule has 0 saturated carbocycles. The summed E-state index contributed by atoms with van der Waals surface area (Å²) in [6.07, 6.45) is 1.92. The molecular formula is C15H29N3O. The van der Waals surface area contributed by atoms with Gasteiger partial charge in [0.15, 0.2) is 0 Å². The highest BCUT2D eigenvalue weighted by Gasteiger charge is 2.39. The molecule has 4 nitrogen and oxygen atoms in total. The van der Waals surface area contributed by atoms with Crippen molar-refractivity contribution in [2.45, 2.75) is 52.1 Å². The minimum absolute atomic E-state index is 0.212. The van der Waals surface area contributed by atoms with Crippen molar-refractivity contribution in [1.82, 2.24) is 15.1 Å². The van der Waals surface area contributed by atoms with Gasteiger partial charge in [-0.2, -0.15) is 0 Å². The zero-order valence-electron chi connectivity index (χ0n) is 12.9. The summed E-state index contributed by atoms with van der Waals surface area (Å²) in [5.74, 6) is 0.793. The highest BCUT2D eigenvalue weighted by molar-refractivity contribution is 5.76. The van der Waals surface area contributed by atoms with Crippen LogP contribution in [0.4, 0.5) is 0 Å². The summed E-state index contributed by atoms with van der Waals surface area (Å²) in [4.78, 5) is 16.7. The molecule has 0 aromatic heterocycles. The average Bonchev–Trinajstić information content (AvgIpc) is 2.68. The molecule has 110 valence electrons. The van der Waals surface area contributed by atoms with Gasteiger partial charge in [0.25, 0.3) is 0 Å². The van der Waals surface area contributed by atoms with E-state index in [2.05, 4.69) is 37.9 Å². The number of carbonyl (C=O) groups excluding carboxylic acids is 1. The third-order valence-corrected chi connectivity index (χ3v) is 4.52. The van der Waals surface area contributed by atoms with E-state index in [1.54, 1.807) is 0 Å². The Kier molecular flexibility index (Phi) is 4.51. The Labute approximate surface area is 117 Å². The summed E-state index contributed by atoms with van der Waals surface area (Å²) in [5, 5.41) is 3.58. The standard InChI is InChI=1S/C15H29N3O/c1-12(2)11-14(19)18-9-7-17(8-10-18)13-5-6-16-15(13,3)4/h12-13,16H,5-11H2,1-4H3. The number of nitrogens with one attached hydrogen (secondary N) is 1. The lowest BCUT2D eigenvalue weighted by molar-refractivity contribution is -0.134. The smallest absolute Gasteiger partial charge is 0.222 e. The van der Waals surface area contributed by atoms with Crippen molar-refractivity contribution in [3.05, 3.63) is 0 Å². The molecule has 0 radical (unpaired) electrons. The fourth-order valence-electron chi connectivity index (χ4n) is 3.41. The topological polar surface area (TPSA) is 35.6 Å². The third-order valence-electron chi connectivity index (χ3n) is 4.52. The van der Waals surface area contributed by atoms with E-state index in [-0.39, 0.29) is 5.54 Å². The molecule has 0 bridgehead atoms. The number of carbonyl (C=O) groups is 1. The quantitative estimate of drug-likeness (QED) is 0.837. The molecular weight excluding hydrogens is 238 g/mol. The number of hydrogen-bond acceptors (Lipinski definition) is 3. The fourth-order valence-corrected chi connectivity index (χ4v) is 3.41. The molecule has 0 aliphatic carbocycles. The van der Waals surface area contributed by atoms with Crippen molar-refractivity contribution in [3.63, 3.8) is 0 Å². The first-order chi connectivity index (χ1) is 8.90. The second kappa shape index (κ2) is 5.80. The minimum atomic E-state index is 0.212. The van der Waals surface area contributed by atoms with E-state index in [1.165, 1.54) is 6.42 Å². The summed E-state index contributed by atoms with van der Waals surface area (Å²) >= 11 is 0. The summed E-state index contributed by atoms with van der Waals surface area (Å²) in [6.45, 7) is 13.8. The van der Waals surface area contributed by atoms with Gasteiger partial charge in [-0.1, -0.05) is 13.8 Å². The molecule has 0 spiro atoms. The van der Waals surface area contributed by atoms with Crippen molar-refractivity contribution >= 4 is 5.91 Å². The minimum Gasteiger partial charge on any atom is -0.340 e. The Morgan fingerprint density at radius 1 is 1.26 bits per heavy atom. The van der Waals surface area contributed by atoms with Gasteiger partial charge < -0.3 is 10.2 Å². The van der Waals surface area contributed by atoms with Crippen molar-refractivity contribution in [2.75, 3.05) is 32.7 Å². The maximum atomic E-state index is 12.1. The van der Waals surface area contributed by atoms with Crippen LogP contribution >= 0.6 is 0 Å². The monoisotopic (exact) mass is 267 g/mol. The van der Waals surface area contributed by atoms with Gasteiger partial charge in [0.1, 0.15) is 0 Å². The van der Waals surface area contributed by atoms with E-state index in [1.807, 2.05) is 4.90 Å². The predicted molar refractivity (Wildman–Crippen MR) is 78.1 cm³/mol. The van der Waals surface area contributed by atoms with Gasteiger partial charge in [-0.15, -0.1) is 0 Å². The van der Waals surface area contributed by atoms with E-state index in [4.69, 9.17) is 0 Å². The fraction of sp³-hybridized carbons (Fsp3) is 0.933. The average molecular weight is 267 g/mol. The first kappa shape index (κ1) is 14.8. The Hall–Kier alpha value is -0.610. The molecule has 1 unspecified atom stereocenters. The van der Waals surface area contributed by atoms with Gasteiger partial charge >= 0.3 is 0 Å². The van der Waals surface area contributed by atoms with Crippen LogP contribution in [0.3, 0.4) is 0 Å². The van der Waals surface area contributed by atoms with Crippen LogP contribution < -0.4 is 5.32 Å². The van der Waals surface area contributed by atoms with Gasteiger partial charge in [0.05, 0.1) is 0 Å². The van der Waals surface area contributed by atoms with Gasteiger partial charge in [0, 0.05) is 44.2 Å². The maximum absolute atomic E-state index is 12.1. The van der Waals surface area contributed by atoms with Crippen molar-refractivity contribution in [2.24, 2.45) is 5.92 Å². The van der Waals surface area contributed by atoms with Gasteiger partial charge in [-0.25, -0.2) is 0 Å². The van der Waals surface area contributed by atoms with Crippen LogP contribution in [0.1, 0.15) is 40.5 Å². The Bertz CT molecular complexity index is 319. The lowest BCUT2D eigenvalue weighted by Crippen LogP contribution is -2.57. The van der Waals surface area contributed by atoms with Crippen molar-refractivity contribution < 1.29 is 4.79 Å². The summed E-state index contributed by atoms with van der Waals surface area (Å²) in [7, 11) is 0. The number of nitrogens with zero attached hydrogens (tertiary/aromatic N) is 2. The van der Waals surface area contributed by atoms with Gasteiger partial charge in [0.2, 0.25) is 5.91 Å². The maximum Gasteiger partial charge on any atom is 0.222 e. The molecule has 2 rings (SSSR count). The number of hydrogen-bond donors (Lipinski definition) is 1. The molecule has 2 fully saturated rings. The molecule has 2 saturated heterocycles. The Morgan fingerprint density at radius 3 is 2.37 bits per heavy atom. The van der Waals surface area contributed by atoms with E-state index >= 15 is 0 Å². The molecule has 2 aliphatic heterocycles. The van der Waals surface area contributed by atoms with Crippen LogP contribution in [0.25, 0.3) is 0 Å². The van der Waals surface area contributed by atoms with Crippen LogP contribution in [0.5, 0.6) is 0 Å². The van der Waals surface area contributed by atoms with Gasteiger partial charge in [-0.05, 0) is 32.7 Å². The molecule has 19 heavy (non-hydrogen) atoms. The zero-order chi connectivity index (χ0) is 14.0. The lowest BCUT2D eigenvalue weighted by Gasteiger charge is -2.42. The van der Waals surface area contributed by atoms with Crippen LogP contribution in [-0.4, -0.2) is 60.0 Å². The number of amides is 1. The summed E-state index contributed by atoms with van der Waals surface area (Å²) in [6, 6.07) is 0.620. The number of piperazine rings is 1. The summed E-state index contributed by atoms with van der Waals surface area (Å²) in [5.41, 5.74) is 0.212. The molecule has 1 N–H and O–H groups in total. The Morgan fingerprint density at radius 2 is 1.89 bits per heavy atom. The van der Waals surface area contributed by atoms with E-state index in [0.29, 0.717) is 24.3 Å².